The maximum atomic E-state index is 5.96. The molecule has 0 bridgehead atoms. The van der Waals surface area contributed by atoms with Crippen LogP contribution in [-0.2, 0) is 0 Å². The third-order valence-electron chi connectivity index (χ3n) is 4.15. The van der Waals surface area contributed by atoms with E-state index in [1.807, 2.05) is 0 Å². The van der Waals surface area contributed by atoms with Crippen molar-refractivity contribution in [1.29, 1.82) is 0 Å². The molecule has 1 aliphatic rings. The number of benzene rings is 1. The highest BCUT2D eigenvalue weighted by atomic mass is 79.9. The first kappa shape index (κ1) is 14.0. The quantitative estimate of drug-likeness (QED) is 0.924. The van der Waals surface area contributed by atoms with Gasteiger partial charge in [0, 0.05) is 23.1 Å². The number of piperidine rings is 1. The molecule has 0 spiro atoms. The van der Waals surface area contributed by atoms with Crippen molar-refractivity contribution in [3.8, 4) is 0 Å². The maximum absolute atomic E-state index is 5.96. The highest BCUT2D eigenvalue weighted by molar-refractivity contribution is 9.10. The zero-order valence-corrected chi connectivity index (χ0v) is 12.9. The van der Waals surface area contributed by atoms with Crippen LogP contribution in [0.2, 0.25) is 0 Å². The van der Waals surface area contributed by atoms with Crippen LogP contribution in [0.1, 0.15) is 38.3 Å². The third kappa shape index (κ3) is 2.95. The van der Waals surface area contributed by atoms with Gasteiger partial charge in [-0.25, -0.2) is 0 Å². The van der Waals surface area contributed by atoms with E-state index in [0.29, 0.717) is 12.1 Å². The molecule has 1 aliphatic heterocycles. The molecular formula is C15H23BrN2. The fourth-order valence-corrected chi connectivity index (χ4v) is 3.62. The first-order valence-corrected chi connectivity index (χ1v) is 7.63. The number of nitrogens with two attached hydrogens (primary N) is 1. The summed E-state index contributed by atoms with van der Waals surface area (Å²) in [6, 6.07) is 9.47. The largest absolute Gasteiger partial charge is 0.329 e. The zero-order chi connectivity index (χ0) is 13.1. The summed E-state index contributed by atoms with van der Waals surface area (Å²) in [5.41, 5.74) is 7.32. The molecule has 2 nitrogen and oxygen atoms in total. The van der Waals surface area contributed by atoms with Gasteiger partial charge in [0.2, 0.25) is 0 Å². The molecule has 0 aliphatic carbocycles. The Kier molecular flexibility index (Phi) is 4.82. The smallest absolute Gasteiger partial charge is 0.0334 e. The van der Waals surface area contributed by atoms with Crippen molar-refractivity contribution in [3.05, 3.63) is 34.3 Å². The van der Waals surface area contributed by atoms with E-state index in [9.17, 15) is 0 Å². The Hall–Kier alpha value is -0.380. The first-order chi connectivity index (χ1) is 8.63. The summed E-state index contributed by atoms with van der Waals surface area (Å²) < 4.78 is 1.20. The number of hydrogen-bond acceptors (Lipinski definition) is 2. The second-order valence-electron chi connectivity index (χ2n) is 5.45. The van der Waals surface area contributed by atoms with Crippen LogP contribution in [0.4, 0.5) is 0 Å². The highest BCUT2D eigenvalue weighted by Gasteiger charge is 2.29. The summed E-state index contributed by atoms with van der Waals surface area (Å²) in [6.07, 6.45) is 2.51. The molecule has 1 aromatic carbocycles. The SMILES string of the molecule is CC1CCN(C(C)c2ccccc2Br)C(CN)C1. The molecule has 1 heterocycles. The average Bonchev–Trinajstić information content (AvgIpc) is 2.38. The molecule has 0 saturated carbocycles. The van der Waals surface area contributed by atoms with Crippen LogP contribution in [0.25, 0.3) is 0 Å². The minimum Gasteiger partial charge on any atom is -0.329 e. The van der Waals surface area contributed by atoms with Gasteiger partial charge >= 0.3 is 0 Å². The molecular weight excluding hydrogens is 288 g/mol. The van der Waals surface area contributed by atoms with Crippen LogP contribution >= 0.6 is 15.9 Å². The van der Waals surface area contributed by atoms with Gasteiger partial charge in [0.15, 0.2) is 0 Å². The van der Waals surface area contributed by atoms with Crippen LogP contribution in [0.3, 0.4) is 0 Å². The predicted octanol–water partition coefficient (Wildman–Crippen LogP) is 3.57. The van der Waals surface area contributed by atoms with Crippen LogP contribution in [0.5, 0.6) is 0 Å². The van der Waals surface area contributed by atoms with E-state index in [2.05, 4.69) is 58.9 Å². The molecule has 18 heavy (non-hydrogen) atoms. The van der Waals surface area contributed by atoms with Gasteiger partial charge in [0.05, 0.1) is 0 Å². The van der Waals surface area contributed by atoms with Crippen molar-refractivity contribution >= 4 is 15.9 Å². The second kappa shape index (κ2) is 6.18. The monoisotopic (exact) mass is 310 g/mol. The first-order valence-electron chi connectivity index (χ1n) is 6.83. The van der Waals surface area contributed by atoms with Gasteiger partial charge in [-0.15, -0.1) is 0 Å². The lowest BCUT2D eigenvalue weighted by atomic mass is 9.90. The molecule has 0 amide bonds. The van der Waals surface area contributed by atoms with Gasteiger partial charge in [-0.2, -0.15) is 0 Å². The Labute approximate surface area is 119 Å². The van der Waals surface area contributed by atoms with Gasteiger partial charge in [-0.05, 0) is 43.9 Å². The third-order valence-corrected chi connectivity index (χ3v) is 4.87. The van der Waals surface area contributed by atoms with E-state index in [1.54, 1.807) is 0 Å². The minimum atomic E-state index is 0.432. The zero-order valence-electron chi connectivity index (χ0n) is 11.3. The molecule has 100 valence electrons. The summed E-state index contributed by atoms with van der Waals surface area (Å²) in [5, 5.41) is 0. The predicted molar refractivity (Wildman–Crippen MR) is 80.5 cm³/mol. The number of nitrogens with zero attached hydrogens (tertiary/aromatic N) is 1. The van der Waals surface area contributed by atoms with E-state index in [0.717, 1.165) is 19.0 Å². The topological polar surface area (TPSA) is 29.3 Å². The fraction of sp³-hybridized carbons (Fsp3) is 0.600. The Balaban J connectivity index is 2.17. The molecule has 3 atom stereocenters. The summed E-state index contributed by atoms with van der Waals surface area (Å²) in [6.45, 7) is 6.55. The van der Waals surface area contributed by atoms with Gasteiger partial charge < -0.3 is 5.73 Å². The fourth-order valence-electron chi connectivity index (χ4n) is 3.00. The number of likely N-dealkylation sites (tertiary alicyclic amines) is 1. The van der Waals surface area contributed by atoms with Gasteiger partial charge in [-0.1, -0.05) is 41.1 Å². The van der Waals surface area contributed by atoms with Crippen LogP contribution in [0, 0.1) is 5.92 Å². The van der Waals surface area contributed by atoms with Crippen molar-refractivity contribution in [2.75, 3.05) is 13.1 Å². The standard InChI is InChI=1S/C15H23BrN2/c1-11-7-8-18(13(9-11)10-17)12(2)14-5-3-4-6-15(14)16/h3-6,11-13H,7-10,17H2,1-2H3. The number of hydrogen-bond donors (Lipinski definition) is 1. The van der Waals surface area contributed by atoms with E-state index in [4.69, 9.17) is 5.73 Å². The molecule has 1 aromatic rings. The van der Waals surface area contributed by atoms with Gasteiger partial charge in [0.25, 0.3) is 0 Å². The van der Waals surface area contributed by atoms with E-state index < -0.39 is 0 Å². The Morgan fingerprint density at radius 3 is 2.83 bits per heavy atom. The summed E-state index contributed by atoms with van der Waals surface area (Å²) in [4.78, 5) is 2.57. The van der Waals surface area contributed by atoms with Gasteiger partial charge in [-0.3, -0.25) is 4.90 Å². The minimum absolute atomic E-state index is 0.432. The van der Waals surface area contributed by atoms with Gasteiger partial charge in [0.1, 0.15) is 0 Å². The number of rotatable bonds is 3. The Morgan fingerprint density at radius 1 is 1.44 bits per heavy atom. The lowest BCUT2D eigenvalue weighted by molar-refractivity contribution is 0.0831. The lowest BCUT2D eigenvalue weighted by Gasteiger charge is -2.42. The molecule has 2 N–H and O–H groups in total. The van der Waals surface area contributed by atoms with Crippen LogP contribution in [-0.4, -0.2) is 24.0 Å². The molecule has 3 unspecified atom stereocenters. The van der Waals surface area contributed by atoms with Crippen LogP contribution in [0.15, 0.2) is 28.7 Å². The summed E-state index contributed by atoms with van der Waals surface area (Å²) >= 11 is 3.66. The van der Waals surface area contributed by atoms with E-state index in [1.165, 1.54) is 22.9 Å². The molecule has 1 saturated heterocycles. The van der Waals surface area contributed by atoms with E-state index in [-0.39, 0.29) is 0 Å². The lowest BCUT2D eigenvalue weighted by Crippen LogP contribution is -2.47. The second-order valence-corrected chi connectivity index (χ2v) is 6.31. The normalized spacial score (nSPS) is 27.1. The molecule has 1 fully saturated rings. The van der Waals surface area contributed by atoms with Crippen molar-refractivity contribution in [1.82, 2.24) is 4.90 Å². The summed E-state index contributed by atoms with van der Waals surface area (Å²) in [5.74, 6) is 0.807. The van der Waals surface area contributed by atoms with Crippen molar-refractivity contribution < 1.29 is 0 Å². The van der Waals surface area contributed by atoms with Crippen molar-refractivity contribution in [2.45, 2.75) is 38.8 Å². The average molecular weight is 311 g/mol. The molecule has 0 aromatic heterocycles. The molecule has 0 radical (unpaired) electrons. The Bertz CT molecular complexity index is 394. The Morgan fingerprint density at radius 2 is 2.17 bits per heavy atom. The molecule has 3 heteroatoms. The van der Waals surface area contributed by atoms with Crippen LogP contribution < -0.4 is 5.73 Å². The van der Waals surface area contributed by atoms with E-state index >= 15 is 0 Å². The van der Waals surface area contributed by atoms with Crippen molar-refractivity contribution in [3.63, 3.8) is 0 Å². The maximum Gasteiger partial charge on any atom is 0.0334 e. The summed E-state index contributed by atoms with van der Waals surface area (Å²) in [7, 11) is 0. The molecule has 2 rings (SSSR count). The highest BCUT2D eigenvalue weighted by Crippen LogP contribution is 2.33. The van der Waals surface area contributed by atoms with Crippen molar-refractivity contribution in [2.24, 2.45) is 11.7 Å². The number of halogens is 1.